The van der Waals surface area contributed by atoms with Gasteiger partial charge in [0.15, 0.2) is 0 Å². The molecule has 0 spiro atoms. The van der Waals surface area contributed by atoms with Crippen molar-refractivity contribution in [2.24, 2.45) is 0 Å². The smallest absolute Gasteiger partial charge is 0.115 e. The fourth-order valence-corrected chi connectivity index (χ4v) is 2.46. The normalized spacial score (nSPS) is 13.3. The van der Waals surface area contributed by atoms with Crippen molar-refractivity contribution >= 4 is 5.69 Å². The summed E-state index contributed by atoms with van der Waals surface area (Å²) in [7, 11) is 0. The number of nitrogens with one attached hydrogen (secondary N) is 1. The van der Waals surface area contributed by atoms with E-state index in [4.69, 9.17) is 0 Å². The standard InChI is InChI=1S/C14H15N3/c1-9-14(10(2)17-8-16-9)12-4-3-11-5-6-15-13(11)7-12/h3-4,7-8,15H,5-6H2,1-2H3. The molecule has 0 bridgehead atoms. The van der Waals surface area contributed by atoms with Crippen LogP contribution in [0.25, 0.3) is 11.1 Å². The fourth-order valence-electron chi connectivity index (χ4n) is 2.46. The molecule has 2 heterocycles. The lowest BCUT2D eigenvalue weighted by atomic mass is 10.0. The van der Waals surface area contributed by atoms with Crippen LogP contribution in [-0.2, 0) is 6.42 Å². The largest absolute Gasteiger partial charge is 0.384 e. The minimum atomic E-state index is 1.04. The average Bonchev–Trinajstić information content (AvgIpc) is 2.76. The van der Waals surface area contributed by atoms with Gasteiger partial charge in [-0.1, -0.05) is 12.1 Å². The molecule has 0 fully saturated rings. The highest BCUT2D eigenvalue weighted by Gasteiger charge is 2.13. The van der Waals surface area contributed by atoms with Crippen molar-refractivity contribution in [2.75, 3.05) is 11.9 Å². The summed E-state index contributed by atoms with van der Waals surface area (Å²) in [5.74, 6) is 0. The van der Waals surface area contributed by atoms with Crippen LogP contribution in [-0.4, -0.2) is 16.5 Å². The number of aryl methyl sites for hydroxylation is 2. The molecule has 0 saturated carbocycles. The fraction of sp³-hybridized carbons (Fsp3) is 0.286. The van der Waals surface area contributed by atoms with Gasteiger partial charge in [0.25, 0.3) is 0 Å². The molecular formula is C14H15N3. The summed E-state index contributed by atoms with van der Waals surface area (Å²) in [5, 5.41) is 3.41. The topological polar surface area (TPSA) is 37.8 Å². The highest BCUT2D eigenvalue weighted by atomic mass is 14.9. The molecular weight excluding hydrogens is 210 g/mol. The number of nitrogens with zero attached hydrogens (tertiary/aromatic N) is 2. The van der Waals surface area contributed by atoms with Gasteiger partial charge in [-0.05, 0) is 37.5 Å². The Bertz CT molecular complexity index is 555. The molecule has 0 atom stereocenters. The van der Waals surface area contributed by atoms with E-state index >= 15 is 0 Å². The van der Waals surface area contributed by atoms with Crippen LogP contribution in [0.5, 0.6) is 0 Å². The molecule has 1 aliphatic heterocycles. The van der Waals surface area contributed by atoms with Crippen molar-refractivity contribution < 1.29 is 0 Å². The van der Waals surface area contributed by atoms with Gasteiger partial charge in [0.2, 0.25) is 0 Å². The first-order valence-electron chi connectivity index (χ1n) is 5.91. The second kappa shape index (κ2) is 3.84. The van der Waals surface area contributed by atoms with Gasteiger partial charge in [-0.25, -0.2) is 9.97 Å². The lowest BCUT2D eigenvalue weighted by Gasteiger charge is -2.09. The van der Waals surface area contributed by atoms with E-state index in [1.165, 1.54) is 16.8 Å². The van der Waals surface area contributed by atoms with Gasteiger partial charge in [-0.3, -0.25) is 0 Å². The van der Waals surface area contributed by atoms with Gasteiger partial charge in [-0.15, -0.1) is 0 Å². The quantitative estimate of drug-likeness (QED) is 0.811. The molecule has 2 aromatic rings. The summed E-state index contributed by atoms with van der Waals surface area (Å²) in [4.78, 5) is 8.56. The van der Waals surface area contributed by atoms with Gasteiger partial charge in [0.1, 0.15) is 6.33 Å². The first-order valence-corrected chi connectivity index (χ1v) is 5.91. The van der Waals surface area contributed by atoms with E-state index in [1.807, 2.05) is 13.8 Å². The van der Waals surface area contributed by atoms with Crippen LogP contribution in [0.4, 0.5) is 5.69 Å². The summed E-state index contributed by atoms with van der Waals surface area (Å²) in [6.07, 6.45) is 2.75. The van der Waals surface area contributed by atoms with Crippen molar-refractivity contribution in [1.29, 1.82) is 0 Å². The Morgan fingerprint density at radius 1 is 1.12 bits per heavy atom. The van der Waals surface area contributed by atoms with E-state index in [1.54, 1.807) is 6.33 Å². The molecule has 1 aromatic carbocycles. The van der Waals surface area contributed by atoms with E-state index in [0.29, 0.717) is 0 Å². The number of hydrogen-bond donors (Lipinski definition) is 1. The molecule has 3 rings (SSSR count). The lowest BCUT2D eigenvalue weighted by molar-refractivity contribution is 1.06. The van der Waals surface area contributed by atoms with Gasteiger partial charge in [-0.2, -0.15) is 0 Å². The Labute approximate surface area is 101 Å². The number of hydrogen-bond acceptors (Lipinski definition) is 3. The van der Waals surface area contributed by atoms with E-state index < -0.39 is 0 Å². The van der Waals surface area contributed by atoms with E-state index in [0.717, 1.165) is 29.9 Å². The van der Waals surface area contributed by atoms with Gasteiger partial charge >= 0.3 is 0 Å². The molecule has 86 valence electrons. The maximum atomic E-state index is 4.28. The van der Waals surface area contributed by atoms with Crippen LogP contribution in [0, 0.1) is 13.8 Å². The maximum absolute atomic E-state index is 4.28. The predicted octanol–water partition coefficient (Wildman–Crippen LogP) is 2.73. The van der Waals surface area contributed by atoms with Crippen LogP contribution < -0.4 is 5.32 Å². The van der Waals surface area contributed by atoms with Crippen molar-refractivity contribution in [3.63, 3.8) is 0 Å². The Morgan fingerprint density at radius 3 is 2.65 bits per heavy atom. The number of rotatable bonds is 1. The molecule has 0 saturated heterocycles. The monoisotopic (exact) mass is 225 g/mol. The van der Waals surface area contributed by atoms with Gasteiger partial charge in [0, 0.05) is 29.2 Å². The Morgan fingerprint density at radius 2 is 1.88 bits per heavy atom. The maximum Gasteiger partial charge on any atom is 0.115 e. The van der Waals surface area contributed by atoms with Crippen LogP contribution in [0.15, 0.2) is 24.5 Å². The molecule has 1 N–H and O–H groups in total. The number of anilines is 1. The summed E-state index contributed by atoms with van der Waals surface area (Å²) >= 11 is 0. The van der Waals surface area contributed by atoms with E-state index in [-0.39, 0.29) is 0 Å². The summed E-state index contributed by atoms with van der Waals surface area (Å²) < 4.78 is 0. The SMILES string of the molecule is Cc1ncnc(C)c1-c1ccc2c(c1)NCC2. The Kier molecular flexibility index (Phi) is 2.32. The predicted molar refractivity (Wildman–Crippen MR) is 69.1 cm³/mol. The lowest BCUT2D eigenvalue weighted by Crippen LogP contribution is -1.95. The van der Waals surface area contributed by atoms with Crippen molar-refractivity contribution in [3.05, 3.63) is 41.5 Å². The van der Waals surface area contributed by atoms with Crippen LogP contribution in [0.1, 0.15) is 17.0 Å². The molecule has 3 nitrogen and oxygen atoms in total. The van der Waals surface area contributed by atoms with Crippen molar-refractivity contribution in [3.8, 4) is 11.1 Å². The second-order valence-corrected chi connectivity index (χ2v) is 4.47. The summed E-state index contributed by atoms with van der Waals surface area (Å²) in [6, 6.07) is 6.59. The third-order valence-corrected chi connectivity index (χ3v) is 3.33. The highest BCUT2D eigenvalue weighted by Crippen LogP contribution is 2.31. The van der Waals surface area contributed by atoms with Crippen LogP contribution in [0.2, 0.25) is 0 Å². The zero-order valence-corrected chi connectivity index (χ0v) is 10.1. The second-order valence-electron chi connectivity index (χ2n) is 4.47. The Hall–Kier alpha value is -1.90. The summed E-state index contributed by atoms with van der Waals surface area (Å²) in [6.45, 7) is 5.11. The molecule has 1 aromatic heterocycles. The van der Waals surface area contributed by atoms with E-state index in [2.05, 4.69) is 33.5 Å². The molecule has 3 heteroatoms. The molecule has 1 aliphatic rings. The van der Waals surface area contributed by atoms with E-state index in [9.17, 15) is 0 Å². The summed E-state index contributed by atoms with van der Waals surface area (Å²) in [5.41, 5.74) is 7.09. The van der Waals surface area contributed by atoms with Gasteiger partial charge < -0.3 is 5.32 Å². The third kappa shape index (κ3) is 1.68. The number of aromatic nitrogens is 2. The Balaban J connectivity index is 2.16. The van der Waals surface area contributed by atoms with Crippen LogP contribution in [0.3, 0.4) is 0 Å². The molecule has 0 aliphatic carbocycles. The minimum absolute atomic E-state index is 1.04. The zero-order chi connectivity index (χ0) is 11.8. The number of benzene rings is 1. The molecule has 17 heavy (non-hydrogen) atoms. The van der Waals surface area contributed by atoms with Crippen LogP contribution >= 0.6 is 0 Å². The first kappa shape index (κ1) is 10.3. The van der Waals surface area contributed by atoms with Crippen molar-refractivity contribution in [1.82, 2.24) is 9.97 Å². The molecule has 0 amide bonds. The average molecular weight is 225 g/mol. The zero-order valence-electron chi connectivity index (χ0n) is 10.1. The van der Waals surface area contributed by atoms with Gasteiger partial charge in [0.05, 0.1) is 0 Å². The van der Waals surface area contributed by atoms with Crippen molar-refractivity contribution in [2.45, 2.75) is 20.3 Å². The number of fused-ring (bicyclic) bond motifs is 1. The molecule has 0 radical (unpaired) electrons. The highest BCUT2D eigenvalue weighted by molar-refractivity contribution is 5.74. The minimum Gasteiger partial charge on any atom is -0.384 e. The third-order valence-electron chi connectivity index (χ3n) is 3.33. The first-order chi connectivity index (χ1) is 8.25. The molecule has 0 unspecified atom stereocenters.